The number of halogens is 1. The Balaban J connectivity index is 1.62. The van der Waals surface area contributed by atoms with Gasteiger partial charge in [-0.3, -0.25) is 14.4 Å². The van der Waals surface area contributed by atoms with Crippen molar-refractivity contribution in [1.82, 2.24) is 0 Å². The van der Waals surface area contributed by atoms with Gasteiger partial charge in [-0.05, 0) is 42.0 Å². The molecule has 2 aliphatic rings. The number of carbonyl (C=O) groups excluding carboxylic acids is 2. The molecule has 2 fully saturated rings. The maximum atomic E-state index is 14.4. The SMILES string of the molecule is O=C1[C@@H]2[C@H](ON(c3ccccc3)[C@@H]2c2ccc(O)c(O)c2)C(=O)N1c1ccccc1F. The average Bonchev–Trinajstić information content (AvgIpc) is 3.28. The van der Waals surface area contributed by atoms with E-state index in [1.165, 1.54) is 35.4 Å². The van der Waals surface area contributed by atoms with Crippen LogP contribution in [0.25, 0.3) is 0 Å². The summed E-state index contributed by atoms with van der Waals surface area (Å²) >= 11 is 0. The number of amides is 2. The van der Waals surface area contributed by atoms with Gasteiger partial charge in [0, 0.05) is 0 Å². The lowest BCUT2D eigenvalue weighted by atomic mass is 9.90. The quantitative estimate of drug-likeness (QED) is 0.499. The van der Waals surface area contributed by atoms with Crippen molar-refractivity contribution >= 4 is 23.2 Å². The smallest absolute Gasteiger partial charge is 0.266 e. The zero-order valence-electron chi connectivity index (χ0n) is 16.1. The largest absolute Gasteiger partial charge is 0.504 e. The van der Waals surface area contributed by atoms with Crippen LogP contribution in [0.5, 0.6) is 11.5 Å². The third kappa shape index (κ3) is 2.91. The van der Waals surface area contributed by atoms with Crippen molar-refractivity contribution in [3.05, 3.63) is 84.2 Å². The van der Waals surface area contributed by atoms with E-state index in [1.54, 1.807) is 36.4 Å². The van der Waals surface area contributed by atoms with Crippen molar-refractivity contribution in [3.63, 3.8) is 0 Å². The number of fused-ring (bicyclic) bond motifs is 1. The fourth-order valence-electron chi connectivity index (χ4n) is 4.15. The summed E-state index contributed by atoms with van der Waals surface area (Å²) in [4.78, 5) is 33.3. The molecule has 2 heterocycles. The second-order valence-electron chi connectivity index (χ2n) is 7.37. The molecule has 7 nitrogen and oxygen atoms in total. The number of rotatable bonds is 3. The van der Waals surface area contributed by atoms with Gasteiger partial charge in [0.05, 0.1) is 17.4 Å². The molecule has 156 valence electrons. The minimum atomic E-state index is -1.16. The summed E-state index contributed by atoms with van der Waals surface area (Å²) in [6.07, 6.45) is -1.16. The van der Waals surface area contributed by atoms with E-state index in [0.29, 0.717) is 11.3 Å². The first kappa shape index (κ1) is 19.1. The van der Waals surface area contributed by atoms with Crippen molar-refractivity contribution in [1.29, 1.82) is 0 Å². The molecule has 0 unspecified atom stereocenters. The first-order chi connectivity index (χ1) is 15.0. The average molecular weight is 420 g/mol. The molecule has 2 aliphatic heterocycles. The van der Waals surface area contributed by atoms with Crippen molar-refractivity contribution in [2.45, 2.75) is 12.1 Å². The van der Waals surface area contributed by atoms with Crippen LogP contribution in [0.1, 0.15) is 11.6 Å². The molecule has 0 saturated carbocycles. The summed E-state index contributed by atoms with van der Waals surface area (Å²) in [5.41, 5.74) is 0.935. The Labute approximate surface area is 176 Å². The van der Waals surface area contributed by atoms with E-state index in [4.69, 9.17) is 4.84 Å². The molecule has 31 heavy (non-hydrogen) atoms. The second kappa shape index (κ2) is 7.10. The fraction of sp³-hybridized carbons (Fsp3) is 0.130. The summed E-state index contributed by atoms with van der Waals surface area (Å²) in [7, 11) is 0. The van der Waals surface area contributed by atoms with Crippen LogP contribution in [0.4, 0.5) is 15.8 Å². The Hall–Kier alpha value is -3.91. The first-order valence-corrected chi connectivity index (χ1v) is 9.62. The monoisotopic (exact) mass is 420 g/mol. The van der Waals surface area contributed by atoms with Crippen LogP contribution in [0.15, 0.2) is 72.8 Å². The first-order valence-electron chi connectivity index (χ1n) is 9.62. The number of hydrogen-bond donors (Lipinski definition) is 2. The lowest BCUT2D eigenvalue weighted by Gasteiger charge is -2.29. The normalized spacial score (nSPS) is 22.8. The maximum Gasteiger partial charge on any atom is 0.266 e. The number of benzene rings is 3. The van der Waals surface area contributed by atoms with Gasteiger partial charge in [-0.15, -0.1) is 0 Å². The molecule has 3 aromatic rings. The van der Waals surface area contributed by atoms with Crippen molar-refractivity contribution < 1.29 is 29.0 Å². The van der Waals surface area contributed by atoms with Crippen LogP contribution in [0, 0.1) is 11.7 Å². The van der Waals surface area contributed by atoms with Crippen LogP contribution in [0.3, 0.4) is 0 Å². The highest BCUT2D eigenvalue weighted by Crippen LogP contribution is 2.48. The molecule has 0 spiro atoms. The molecule has 8 heteroatoms. The van der Waals surface area contributed by atoms with Gasteiger partial charge in [0.1, 0.15) is 11.7 Å². The Morgan fingerprint density at radius 2 is 1.55 bits per heavy atom. The number of para-hydroxylation sites is 2. The lowest BCUT2D eigenvalue weighted by molar-refractivity contribution is -0.126. The van der Waals surface area contributed by atoms with E-state index in [2.05, 4.69) is 0 Å². The van der Waals surface area contributed by atoms with Gasteiger partial charge < -0.3 is 10.2 Å². The number of imide groups is 1. The Kier molecular flexibility index (Phi) is 4.37. The van der Waals surface area contributed by atoms with Crippen LogP contribution in [0.2, 0.25) is 0 Å². The minimum absolute atomic E-state index is 0.130. The molecular weight excluding hydrogens is 403 g/mol. The number of nitrogens with zero attached hydrogens (tertiary/aromatic N) is 2. The van der Waals surface area contributed by atoms with Gasteiger partial charge in [-0.1, -0.05) is 36.4 Å². The van der Waals surface area contributed by atoms with Crippen LogP contribution < -0.4 is 9.96 Å². The summed E-state index contributed by atoms with van der Waals surface area (Å²) in [6, 6.07) is 17.9. The van der Waals surface area contributed by atoms with Gasteiger partial charge >= 0.3 is 0 Å². The number of hydroxylamine groups is 1. The Bertz CT molecular complexity index is 1190. The topological polar surface area (TPSA) is 90.3 Å². The van der Waals surface area contributed by atoms with E-state index in [0.717, 1.165) is 4.90 Å². The zero-order valence-corrected chi connectivity index (χ0v) is 16.1. The molecular formula is C23H17FN2O5. The Morgan fingerprint density at radius 1 is 0.839 bits per heavy atom. The maximum absolute atomic E-state index is 14.4. The summed E-state index contributed by atoms with van der Waals surface area (Å²) in [5, 5.41) is 21.2. The predicted octanol–water partition coefficient (Wildman–Crippen LogP) is 3.29. The van der Waals surface area contributed by atoms with Gasteiger partial charge in [0.15, 0.2) is 17.6 Å². The van der Waals surface area contributed by atoms with E-state index in [9.17, 15) is 24.2 Å². The van der Waals surface area contributed by atoms with Crippen molar-refractivity contribution in [2.75, 3.05) is 9.96 Å². The number of phenolic OH excluding ortho intramolecular Hbond substituents is 2. The van der Waals surface area contributed by atoms with E-state index in [-0.39, 0.29) is 17.2 Å². The number of anilines is 2. The molecule has 2 saturated heterocycles. The van der Waals surface area contributed by atoms with Crippen LogP contribution in [-0.2, 0) is 14.4 Å². The summed E-state index contributed by atoms with van der Waals surface area (Å²) in [6.45, 7) is 0. The van der Waals surface area contributed by atoms with Gasteiger partial charge in [-0.2, -0.15) is 0 Å². The number of hydrogen-bond acceptors (Lipinski definition) is 6. The highest BCUT2D eigenvalue weighted by molar-refractivity contribution is 6.24. The molecule has 2 N–H and O–H groups in total. The molecule has 0 aliphatic carbocycles. The highest BCUT2D eigenvalue weighted by atomic mass is 19.1. The number of phenols is 2. The molecule has 0 aromatic heterocycles. The highest BCUT2D eigenvalue weighted by Gasteiger charge is 2.60. The molecule has 2 amide bonds. The molecule has 5 rings (SSSR count). The Morgan fingerprint density at radius 3 is 2.26 bits per heavy atom. The van der Waals surface area contributed by atoms with Gasteiger partial charge in [-0.25, -0.2) is 14.4 Å². The van der Waals surface area contributed by atoms with Crippen LogP contribution in [-0.4, -0.2) is 28.1 Å². The van der Waals surface area contributed by atoms with Crippen molar-refractivity contribution in [2.24, 2.45) is 5.92 Å². The minimum Gasteiger partial charge on any atom is -0.504 e. The molecule has 3 aromatic carbocycles. The van der Waals surface area contributed by atoms with E-state index in [1.807, 2.05) is 6.07 Å². The zero-order chi connectivity index (χ0) is 21.7. The standard InChI is InChI=1S/C23H17FN2O5/c24-15-8-4-5-9-16(15)25-22(29)19-20(13-10-11-17(27)18(28)12-13)26(31-21(19)23(25)30)14-6-2-1-3-7-14/h1-12,19-21,27-28H/t19-,20+,21-/m0/s1. The number of aromatic hydroxyl groups is 2. The van der Waals surface area contributed by atoms with Gasteiger partial charge in [0.2, 0.25) is 5.91 Å². The van der Waals surface area contributed by atoms with Crippen molar-refractivity contribution in [3.8, 4) is 11.5 Å². The molecule has 0 bridgehead atoms. The van der Waals surface area contributed by atoms with Crippen LogP contribution >= 0.6 is 0 Å². The van der Waals surface area contributed by atoms with E-state index < -0.39 is 35.7 Å². The lowest BCUT2D eigenvalue weighted by Crippen LogP contribution is -2.37. The third-order valence-corrected chi connectivity index (χ3v) is 5.56. The number of carbonyl (C=O) groups is 2. The predicted molar refractivity (Wildman–Crippen MR) is 109 cm³/mol. The van der Waals surface area contributed by atoms with Gasteiger partial charge in [0.25, 0.3) is 5.91 Å². The molecule has 3 atom stereocenters. The summed E-state index contributed by atoms with van der Waals surface area (Å²) in [5.74, 6) is -3.61. The fourth-order valence-corrected chi connectivity index (χ4v) is 4.15. The van der Waals surface area contributed by atoms with E-state index >= 15 is 0 Å². The third-order valence-electron chi connectivity index (χ3n) is 5.56. The molecule has 0 radical (unpaired) electrons. The summed E-state index contributed by atoms with van der Waals surface area (Å²) < 4.78 is 14.4. The second-order valence-corrected chi connectivity index (χ2v) is 7.37.